The minimum Gasteiger partial charge on any atom is -0.456 e. The highest BCUT2D eigenvalue weighted by Crippen LogP contribution is 2.63. The van der Waals surface area contributed by atoms with Crippen molar-refractivity contribution in [2.45, 2.75) is 5.41 Å². The van der Waals surface area contributed by atoms with Crippen molar-refractivity contribution in [3.63, 3.8) is 0 Å². The first-order valence-electron chi connectivity index (χ1n) is 18.4. The van der Waals surface area contributed by atoms with Crippen LogP contribution in [0.1, 0.15) is 22.3 Å². The average molecular weight is 689 g/mol. The van der Waals surface area contributed by atoms with Gasteiger partial charge in [0.1, 0.15) is 11.5 Å². The lowest BCUT2D eigenvalue weighted by Gasteiger charge is -2.40. The molecule has 2 aliphatic rings. The van der Waals surface area contributed by atoms with Gasteiger partial charge in [0.2, 0.25) is 0 Å². The summed E-state index contributed by atoms with van der Waals surface area (Å²) in [5, 5.41) is 2.27. The molecular weight excluding hydrogens is 657 g/mol. The Bertz CT molecular complexity index is 2850. The van der Waals surface area contributed by atoms with Crippen molar-refractivity contribution in [2.24, 2.45) is 0 Å². The van der Waals surface area contributed by atoms with Crippen LogP contribution < -0.4 is 4.74 Å². The van der Waals surface area contributed by atoms with Crippen LogP contribution in [0.2, 0.25) is 0 Å². The summed E-state index contributed by atoms with van der Waals surface area (Å²) in [5.74, 6) is 2.45. The minimum atomic E-state index is -0.596. The van der Waals surface area contributed by atoms with Crippen LogP contribution in [-0.2, 0) is 5.41 Å². The Morgan fingerprint density at radius 2 is 0.926 bits per heavy atom. The summed E-state index contributed by atoms with van der Waals surface area (Å²) in [4.78, 5) is 10.4. The maximum atomic E-state index is 7.00. The van der Waals surface area contributed by atoms with E-state index in [1.165, 1.54) is 33.4 Å². The van der Waals surface area contributed by atoms with Gasteiger partial charge >= 0.3 is 0 Å². The van der Waals surface area contributed by atoms with Crippen molar-refractivity contribution in [1.29, 1.82) is 0 Å². The van der Waals surface area contributed by atoms with E-state index in [9.17, 15) is 0 Å². The van der Waals surface area contributed by atoms with Crippen LogP contribution in [0.15, 0.2) is 194 Å². The molecule has 0 saturated carbocycles. The fourth-order valence-electron chi connectivity index (χ4n) is 8.71. The molecule has 0 atom stereocenters. The third kappa shape index (κ3) is 4.55. The molecule has 1 aliphatic carbocycles. The highest BCUT2D eigenvalue weighted by Gasteiger charge is 2.51. The molecule has 0 saturated heterocycles. The second-order valence-electron chi connectivity index (χ2n) is 14.1. The molecule has 54 heavy (non-hydrogen) atoms. The molecule has 0 unspecified atom stereocenters. The Balaban J connectivity index is 1.14. The van der Waals surface area contributed by atoms with Gasteiger partial charge in [-0.05, 0) is 63.0 Å². The molecule has 0 fully saturated rings. The SMILES string of the molecule is c1ccc(-c2ccc(-c3cc(-c4ccc5c(c4)C4(c6ccccc6-c6ccccc64)c4ccc6ccccc6c4O5)nc(-c4ccccc4)n3)cc2)cc1. The lowest BCUT2D eigenvalue weighted by molar-refractivity contribution is 0.442. The molecule has 11 rings (SSSR count). The largest absolute Gasteiger partial charge is 0.456 e. The van der Waals surface area contributed by atoms with E-state index in [0.717, 1.165) is 61.5 Å². The highest BCUT2D eigenvalue weighted by atomic mass is 16.5. The Labute approximate surface area is 313 Å². The maximum Gasteiger partial charge on any atom is 0.160 e. The Morgan fingerprint density at radius 1 is 0.370 bits per heavy atom. The van der Waals surface area contributed by atoms with Crippen molar-refractivity contribution in [3.8, 4) is 67.7 Å². The first-order chi connectivity index (χ1) is 26.8. The van der Waals surface area contributed by atoms with Crippen LogP contribution in [0.4, 0.5) is 0 Å². The Morgan fingerprint density at radius 3 is 1.65 bits per heavy atom. The van der Waals surface area contributed by atoms with E-state index in [1.54, 1.807) is 0 Å². The van der Waals surface area contributed by atoms with E-state index in [1.807, 2.05) is 24.3 Å². The number of fused-ring (bicyclic) bond motifs is 11. The van der Waals surface area contributed by atoms with Crippen LogP contribution >= 0.6 is 0 Å². The van der Waals surface area contributed by atoms with Crippen molar-refractivity contribution >= 4 is 10.8 Å². The van der Waals surface area contributed by atoms with E-state index >= 15 is 0 Å². The minimum absolute atomic E-state index is 0.596. The van der Waals surface area contributed by atoms with Crippen LogP contribution in [0.25, 0.3) is 66.9 Å². The topological polar surface area (TPSA) is 35.0 Å². The van der Waals surface area contributed by atoms with Gasteiger partial charge in [-0.2, -0.15) is 0 Å². The third-order valence-corrected chi connectivity index (χ3v) is 11.2. The van der Waals surface area contributed by atoms with E-state index < -0.39 is 5.41 Å². The van der Waals surface area contributed by atoms with Crippen molar-refractivity contribution in [3.05, 3.63) is 216 Å². The molecular formula is C51H32N2O. The lowest BCUT2D eigenvalue weighted by atomic mass is 9.65. The molecule has 2 heterocycles. The number of ether oxygens (including phenoxy) is 1. The molecule has 1 aliphatic heterocycles. The first kappa shape index (κ1) is 30.5. The second-order valence-corrected chi connectivity index (χ2v) is 14.1. The van der Waals surface area contributed by atoms with Crippen LogP contribution in [0.3, 0.4) is 0 Å². The summed E-state index contributed by atoms with van der Waals surface area (Å²) in [6.45, 7) is 0. The second kappa shape index (κ2) is 12.0. The van der Waals surface area contributed by atoms with Crippen LogP contribution in [-0.4, -0.2) is 9.97 Å². The van der Waals surface area contributed by atoms with Gasteiger partial charge in [-0.3, -0.25) is 0 Å². The molecule has 1 spiro atoms. The van der Waals surface area contributed by atoms with Crippen molar-refractivity contribution < 1.29 is 4.74 Å². The van der Waals surface area contributed by atoms with Crippen molar-refractivity contribution in [1.82, 2.24) is 9.97 Å². The molecule has 0 N–H and O–H groups in total. The molecule has 1 aromatic heterocycles. The maximum absolute atomic E-state index is 7.00. The molecule has 0 radical (unpaired) electrons. The number of rotatable bonds is 4. The molecule has 3 heteroatoms. The Hall–Kier alpha value is -7.10. The van der Waals surface area contributed by atoms with E-state index in [0.29, 0.717) is 5.82 Å². The molecule has 0 amide bonds. The zero-order valence-electron chi connectivity index (χ0n) is 29.3. The summed E-state index contributed by atoms with van der Waals surface area (Å²) in [7, 11) is 0. The molecule has 252 valence electrons. The number of benzene rings is 8. The summed E-state index contributed by atoms with van der Waals surface area (Å²) in [6.07, 6.45) is 0. The normalized spacial score (nSPS) is 13.1. The van der Waals surface area contributed by atoms with Gasteiger partial charge in [-0.1, -0.05) is 170 Å². The van der Waals surface area contributed by atoms with Gasteiger partial charge in [0.15, 0.2) is 5.82 Å². The highest BCUT2D eigenvalue weighted by molar-refractivity contribution is 5.96. The predicted octanol–water partition coefficient (Wildman–Crippen LogP) is 12.8. The van der Waals surface area contributed by atoms with E-state index in [-0.39, 0.29) is 0 Å². The molecule has 3 nitrogen and oxygen atoms in total. The van der Waals surface area contributed by atoms with E-state index in [2.05, 4.69) is 170 Å². The summed E-state index contributed by atoms with van der Waals surface area (Å²) in [5.41, 5.74) is 13.8. The zero-order chi connectivity index (χ0) is 35.6. The fourth-order valence-corrected chi connectivity index (χ4v) is 8.71. The smallest absolute Gasteiger partial charge is 0.160 e. The number of nitrogens with zero attached hydrogens (tertiary/aromatic N) is 2. The van der Waals surface area contributed by atoms with E-state index in [4.69, 9.17) is 14.7 Å². The molecule has 9 aromatic rings. The lowest BCUT2D eigenvalue weighted by Crippen LogP contribution is -2.32. The van der Waals surface area contributed by atoms with Gasteiger partial charge in [0.25, 0.3) is 0 Å². The number of hydrogen-bond acceptors (Lipinski definition) is 3. The van der Waals surface area contributed by atoms with Crippen molar-refractivity contribution in [2.75, 3.05) is 0 Å². The third-order valence-electron chi connectivity index (χ3n) is 11.2. The standard InChI is InChI=1S/C51H32N2O/c1-3-13-33(14-4-1)34-23-25-36(26-24-34)46-32-47(53-50(52-46)37-16-5-2-6-17-37)38-28-30-48-45(31-38)51(44-29-27-35-15-7-8-18-39(35)49(44)54-48)42-21-11-9-19-40(42)41-20-10-12-22-43(41)51/h1-32H. The van der Waals surface area contributed by atoms with Gasteiger partial charge in [0.05, 0.1) is 16.8 Å². The average Bonchev–Trinajstić information content (AvgIpc) is 3.54. The molecule has 8 aromatic carbocycles. The molecule has 0 bridgehead atoms. The van der Waals surface area contributed by atoms with Gasteiger partial charge < -0.3 is 4.74 Å². The summed E-state index contributed by atoms with van der Waals surface area (Å²) in [6, 6.07) is 68.9. The monoisotopic (exact) mass is 688 g/mol. The number of hydrogen-bond donors (Lipinski definition) is 0. The first-order valence-corrected chi connectivity index (χ1v) is 18.4. The predicted molar refractivity (Wildman–Crippen MR) is 219 cm³/mol. The van der Waals surface area contributed by atoms with Gasteiger partial charge in [-0.15, -0.1) is 0 Å². The quantitative estimate of drug-likeness (QED) is 0.185. The van der Waals surface area contributed by atoms with Gasteiger partial charge in [0, 0.05) is 33.2 Å². The number of aromatic nitrogens is 2. The van der Waals surface area contributed by atoms with Crippen LogP contribution in [0, 0.1) is 0 Å². The summed E-state index contributed by atoms with van der Waals surface area (Å²) >= 11 is 0. The summed E-state index contributed by atoms with van der Waals surface area (Å²) < 4.78 is 7.00. The zero-order valence-corrected chi connectivity index (χ0v) is 29.3. The van der Waals surface area contributed by atoms with Crippen LogP contribution in [0.5, 0.6) is 11.5 Å². The fraction of sp³-hybridized carbons (Fsp3) is 0.0196. The Kier molecular flexibility index (Phi) is 6.77. The van der Waals surface area contributed by atoms with Gasteiger partial charge in [-0.25, -0.2) is 9.97 Å².